The monoisotopic (exact) mass is 343 g/mol. The Kier molecular flexibility index (Phi) is 7.99. The number of methoxy groups -OCH3 is 1. The van der Waals surface area contributed by atoms with E-state index in [-0.39, 0.29) is 0 Å². The number of aryl methyl sites for hydroxylation is 1. The maximum absolute atomic E-state index is 5.52. The molecule has 0 bridgehead atoms. The normalized spacial score (nSPS) is 11.2. The van der Waals surface area contributed by atoms with Crippen LogP contribution in [0.15, 0.2) is 24.4 Å². The summed E-state index contributed by atoms with van der Waals surface area (Å²) in [5.41, 5.74) is 3.25. The first-order valence-corrected chi connectivity index (χ1v) is 9.59. The van der Waals surface area contributed by atoms with Crippen LogP contribution >= 0.6 is 0 Å². The largest absolute Gasteiger partial charge is 0.496 e. The molecule has 0 fully saturated rings. The van der Waals surface area contributed by atoms with Crippen molar-refractivity contribution >= 4 is 16.6 Å². The van der Waals surface area contributed by atoms with Crippen molar-refractivity contribution in [1.29, 1.82) is 0 Å². The molecule has 2 aromatic rings. The van der Waals surface area contributed by atoms with Gasteiger partial charge in [-0.1, -0.05) is 32.8 Å². The number of fused-ring (bicyclic) bond motifs is 1. The van der Waals surface area contributed by atoms with Gasteiger partial charge in [-0.05, 0) is 45.5 Å². The van der Waals surface area contributed by atoms with Crippen LogP contribution in [0.1, 0.15) is 45.1 Å². The lowest BCUT2D eigenvalue weighted by atomic mass is 10.1. The predicted octanol–water partition coefficient (Wildman–Crippen LogP) is 4.87. The van der Waals surface area contributed by atoms with Crippen LogP contribution in [0, 0.1) is 6.92 Å². The molecule has 1 heterocycles. The number of hydrogen-bond acceptors (Lipinski definition) is 4. The number of benzene rings is 1. The molecule has 0 aliphatic heterocycles. The number of nitrogens with one attached hydrogen (secondary N) is 1. The van der Waals surface area contributed by atoms with E-state index in [9.17, 15) is 0 Å². The average Bonchev–Trinajstić information content (AvgIpc) is 2.66. The van der Waals surface area contributed by atoms with Crippen molar-refractivity contribution in [3.63, 3.8) is 0 Å². The summed E-state index contributed by atoms with van der Waals surface area (Å²) in [5, 5.41) is 4.71. The first-order chi connectivity index (χ1) is 12.2. The Balaban J connectivity index is 1.84. The second kappa shape index (κ2) is 10.2. The Morgan fingerprint density at radius 1 is 1.12 bits per heavy atom. The second-order valence-corrected chi connectivity index (χ2v) is 6.52. The minimum absolute atomic E-state index is 0.919. The molecule has 4 heteroatoms. The molecule has 1 aromatic carbocycles. The summed E-state index contributed by atoms with van der Waals surface area (Å²) < 4.78 is 5.52. The number of hydrogen-bond donors (Lipinski definition) is 1. The molecule has 0 unspecified atom stereocenters. The first-order valence-electron chi connectivity index (χ1n) is 9.59. The molecule has 0 aliphatic rings. The molecule has 0 amide bonds. The zero-order valence-electron chi connectivity index (χ0n) is 16.3. The van der Waals surface area contributed by atoms with Gasteiger partial charge in [-0.3, -0.25) is 4.98 Å². The maximum Gasteiger partial charge on any atom is 0.124 e. The third-order valence-corrected chi connectivity index (χ3v) is 4.94. The van der Waals surface area contributed by atoms with Gasteiger partial charge >= 0.3 is 0 Å². The second-order valence-electron chi connectivity index (χ2n) is 6.52. The third-order valence-electron chi connectivity index (χ3n) is 4.94. The fourth-order valence-electron chi connectivity index (χ4n) is 3.29. The fraction of sp³-hybridized carbons (Fsp3) is 0.571. The first kappa shape index (κ1) is 19.5. The fourth-order valence-corrected chi connectivity index (χ4v) is 3.29. The van der Waals surface area contributed by atoms with E-state index in [4.69, 9.17) is 4.74 Å². The van der Waals surface area contributed by atoms with Crippen molar-refractivity contribution in [3.05, 3.63) is 30.0 Å². The van der Waals surface area contributed by atoms with Gasteiger partial charge in [-0.25, -0.2) is 0 Å². The molecular formula is C21H33N3O. The van der Waals surface area contributed by atoms with Gasteiger partial charge in [0.25, 0.3) is 0 Å². The van der Waals surface area contributed by atoms with E-state index in [0.717, 1.165) is 47.5 Å². The summed E-state index contributed by atoms with van der Waals surface area (Å²) in [6, 6.07) is 6.16. The summed E-state index contributed by atoms with van der Waals surface area (Å²) in [7, 11) is 1.73. The van der Waals surface area contributed by atoms with E-state index >= 15 is 0 Å². The van der Waals surface area contributed by atoms with Crippen molar-refractivity contribution < 1.29 is 4.74 Å². The average molecular weight is 344 g/mol. The van der Waals surface area contributed by atoms with Crippen LogP contribution < -0.4 is 10.1 Å². The highest BCUT2D eigenvalue weighted by Crippen LogP contribution is 2.32. The summed E-state index contributed by atoms with van der Waals surface area (Å²) in [6.07, 6.45) is 6.90. The highest BCUT2D eigenvalue weighted by Gasteiger charge is 2.10. The molecular weight excluding hydrogens is 310 g/mol. The van der Waals surface area contributed by atoms with Gasteiger partial charge in [0.05, 0.1) is 18.3 Å². The van der Waals surface area contributed by atoms with Gasteiger partial charge < -0.3 is 15.0 Å². The Bertz CT molecular complexity index is 653. The van der Waals surface area contributed by atoms with Gasteiger partial charge in [-0.2, -0.15) is 0 Å². The van der Waals surface area contributed by atoms with Crippen molar-refractivity contribution in [1.82, 2.24) is 9.88 Å². The molecule has 0 aliphatic carbocycles. The molecule has 0 saturated carbocycles. The molecule has 25 heavy (non-hydrogen) atoms. The van der Waals surface area contributed by atoms with Crippen LogP contribution in [0.5, 0.6) is 5.75 Å². The van der Waals surface area contributed by atoms with E-state index in [2.05, 4.69) is 48.1 Å². The number of aromatic nitrogens is 1. The number of unbranched alkanes of at least 4 members (excludes halogenated alkanes) is 3. The van der Waals surface area contributed by atoms with E-state index in [1.807, 2.05) is 12.3 Å². The standard InChI is InChI=1S/C21H33N3O/c1-5-24(6-2)15-10-8-7-9-13-22-19-16-20(25-4)17(3)18-12-11-14-23-21(18)19/h11-12,14,16,22H,5-10,13,15H2,1-4H3. The molecule has 1 aromatic heterocycles. The summed E-state index contributed by atoms with van der Waals surface area (Å²) in [4.78, 5) is 7.06. The van der Waals surface area contributed by atoms with Crippen LogP contribution in [0.25, 0.3) is 10.9 Å². The minimum atomic E-state index is 0.919. The number of anilines is 1. The molecule has 138 valence electrons. The quantitative estimate of drug-likeness (QED) is 0.591. The van der Waals surface area contributed by atoms with Crippen LogP contribution in [0.2, 0.25) is 0 Å². The van der Waals surface area contributed by atoms with Crippen molar-refractivity contribution in [3.8, 4) is 5.75 Å². The van der Waals surface area contributed by atoms with Crippen LogP contribution in [0.3, 0.4) is 0 Å². The van der Waals surface area contributed by atoms with Gasteiger partial charge in [-0.15, -0.1) is 0 Å². The van der Waals surface area contributed by atoms with E-state index < -0.39 is 0 Å². The van der Waals surface area contributed by atoms with Crippen LogP contribution in [-0.4, -0.2) is 43.2 Å². The Morgan fingerprint density at radius 3 is 2.60 bits per heavy atom. The SMILES string of the molecule is CCN(CC)CCCCCCNc1cc(OC)c(C)c2cccnc12. The Labute approximate surface area is 152 Å². The van der Waals surface area contributed by atoms with Crippen molar-refractivity contribution in [2.75, 3.05) is 38.6 Å². The molecule has 0 spiro atoms. The lowest BCUT2D eigenvalue weighted by Crippen LogP contribution is -2.23. The van der Waals surface area contributed by atoms with Gasteiger partial charge in [0.2, 0.25) is 0 Å². The smallest absolute Gasteiger partial charge is 0.124 e. The molecule has 0 saturated heterocycles. The van der Waals surface area contributed by atoms with Gasteiger partial charge in [0, 0.05) is 29.8 Å². The number of pyridine rings is 1. The van der Waals surface area contributed by atoms with E-state index in [0.29, 0.717) is 0 Å². The Hall–Kier alpha value is -1.81. The summed E-state index contributed by atoms with van der Waals surface area (Å²) in [6.45, 7) is 11.1. The van der Waals surface area contributed by atoms with Crippen molar-refractivity contribution in [2.24, 2.45) is 0 Å². The number of nitrogens with zero attached hydrogens (tertiary/aromatic N) is 2. The molecule has 4 nitrogen and oxygen atoms in total. The minimum Gasteiger partial charge on any atom is -0.496 e. The number of ether oxygens (including phenoxy) is 1. The highest BCUT2D eigenvalue weighted by molar-refractivity contribution is 5.94. The molecule has 0 radical (unpaired) electrons. The Morgan fingerprint density at radius 2 is 1.88 bits per heavy atom. The number of rotatable bonds is 11. The topological polar surface area (TPSA) is 37.4 Å². The maximum atomic E-state index is 5.52. The zero-order valence-corrected chi connectivity index (χ0v) is 16.3. The molecule has 2 rings (SSSR count). The molecule has 0 atom stereocenters. The zero-order chi connectivity index (χ0) is 18.1. The highest BCUT2D eigenvalue weighted by atomic mass is 16.5. The third kappa shape index (κ3) is 5.33. The summed E-state index contributed by atoms with van der Waals surface area (Å²) >= 11 is 0. The van der Waals surface area contributed by atoms with Crippen LogP contribution in [-0.2, 0) is 0 Å². The van der Waals surface area contributed by atoms with E-state index in [1.165, 1.54) is 32.2 Å². The van der Waals surface area contributed by atoms with E-state index in [1.54, 1.807) is 7.11 Å². The predicted molar refractivity (Wildman–Crippen MR) is 108 cm³/mol. The summed E-state index contributed by atoms with van der Waals surface area (Å²) in [5.74, 6) is 0.919. The molecule has 1 N–H and O–H groups in total. The van der Waals surface area contributed by atoms with Gasteiger partial charge in [0.1, 0.15) is 5.75 Å². The van der Waals surface area contributed by atoms with Crippen LogP contribution in [0.4, 0.5) is 5.69 Å². The lowest BCUT2D eigenvalue weighted by molar-refractivity contribution is 0.295. The van der Waals surface area contributed by atoms with Crippen molar-refractivity contribution in [2.45, 2.75) is 46.5 Å². The lowest BCUT2D eigenvalue weighted by Gasteiger charge is -2.17. The van der Waals surface area contributed by atoms with Gasteiger partial charge in [0.15, 0.2) is 0 Å².